The molecule has 1 aromatic carbocycles. The lowest BCUT2D eigenvalue weighted by Gasteiger charge is -2.13. The summed E-state index contributed by atoms with van der Waals surface area (Å²) in [7, 11) is 0. The van der Waals surface area contributed by atoms with E-state index in [1.54, 1.807) is 0 Å². The summed E-state index contributed by atoms with van der Waals surface area (Å²) in [6, 6.07) is 7.85. The van der Waals surface area contributed by atoms with Gasteiger partial charge in [-0.2, -0.15) is 5.10 Å². The first-order valence-corrected chi connectivity index (χ1v) is 7.56. The van der Waals surface area contributed by atoms with Gasteiger partial charge in [0.05, 0.1) is 11.4 Å². The van der Waals surface area contributed by atoms with E-state index in [1.165, 1.54) is 0 Å². The third kappa shape index (κ3) is 1.59. The van der Waals surface area contributed by atoms with Gasteiger partial charge in [-0.3, -0.25) is 0 Å². The van der Waals surface area contributed by atoms with Crippen molar-refractivity contribution in [1.82, 2.24) is 9.78 Å². The molecule has 0 spiro atoms. The van der Waals surface area contributed by atoms with Crippen molar-refractivity contribution < 1.29 is 9.90 Å². The van der Waals surface area contributed by atoms with Gasteiger partial charge in [-0.1, -0.05) is 15.9 Å². The molecule has 2 atom stereocenters. The van der Waals surface area contributed by atoms with Gasteiger partial charge in [-0.05, 0) is 49.4 Å². The van der Waals surface area contributed by atoms with Crippen molar-refractivity contribution in [2.75, 3.05) is 0 Å². The van der Waals surface area contributed by atoms with Crippen LogP contribution >= 0.6 is 15.9 Å². The number of aromatic carboxylic acids is 1. The highest BCUT2D eigenvalue weighted by molar-refractivity contribution is 9.10. The maximum Gasteiger partial charge on any atom is 0.356 e. The van der Waals surface area contributed by atoms with Crippen LogP contribution in [0.3, 0.4) is 0 Å². The quantitative estimate of drug-likeness (QED) is 0.912. The molecule has 1 saturated carbocycles. The summed E-state index contributed by atoms with van der Waals surface area (Å²) in [4.78, 5) is 11.5. The van der Waals surface area contributed by atoms with E-state index in [9.17, 15) is 9.90 Å². The van der Waals surface area contributed by atoms with Crippen molar-refractivity contribution in [3.63, 3.8) is 0 Å². The van der Waals surface area contributed by atoms with Crippen LogP contribution in [0.25, 0.3) is 5.69 Å². The molecular weight excluding hydrogens is 320 g/mol. The van der Waals surface area contributed by atoms with Crippen LogP contribution in [0.2, 0.25) is 0 Å². The first-order valence-electron chi connectivity index (χ1n) is 6.77. The van der Waals surface area contributed by atoms with Crippen LogP contribution in [0.5, 0.6) is 0 Å². The zero-order chi connectivity index (χ0) is 13.9. The Morgan fingerprint density at radius 3 is 2.65 bits per heavy atom. The number of carboxylic acid groups (broad SMARTS) is 1. The predicted octanol–water partition coefficient (Wildman–Crippen LogP) is 3.70. The Morgan fingerprint density at radius 1 is 1.25 bits per heavy atom. The van der Waals surface area contributed by atoms with Crippen LogP contribution in [0, 0.1) is 0 Å². The van der Waals surface area contributed by atoms with E-state index in [-0.39, 0.29) is 5.69 Å². The number of aromatic nitrogens is 2. The molecule has 1 heterocycles. The van der Waals surface area contributed by atoms with E-state index in [4.69, 9.17) is 0 Å². The maximum absolute atomic E-state index is 11.5. The molecule has 0 unspecified atom stereocenters. The number of hydrogen-bond donors (Lipinski definition) is 1. The topological polar surface area (TPSA) is 55.1 Å². The molecule has 0 radical (unpaired) electrons. The summed E-state index contributed by atoms with van der Waals surface area (Å²) in [6.45, 7) is 0. The summed E-state index contributed by atoms with van der Waals surface area (Å²) in [5.41, 5.74) is 3.29. The van der Waals surface area contributed by atoms with E-state index in [0.29, 0.717) is 11.8 Å². The van der Waals surface area contributed by atoms with Crippen LogP contribution in [0.15, 0.2) is 28.7 Å². The number of fused-ring (bicyclic) bond motifs is 5. The fourth-order valence-electron chi connectivity index (χ4n) is 3.67. The molecule has 0 aliphatic heterocycles. The SMILES string of the molecule is O=C(O)c1nn(-c2ccc(Br)cc2)c2c1[C@@H]1CC[C@H]2C1. The molecule has 1 fully saturated rings. The number of rotatable bonds is 2. The Labute approximate surface area is 124 Å². The lowest BCUT2D eigenvalue weighted by Crippen LogP contribution is -2.05. The van der Waals surface area contributed by atoms with Gasteiger partial charge in [0.15, 0.2) is 5.69 Å². The van der Waals surface area contributed by atoms with Gasteiger partial charge >= 0.3 is 5.97 Å². The Balaban J connectivity index is 1.93. The van der Waals surface area contributed by atoms with Crippen LogP contribution in [-0.4, -0.2) is 20.9 Å². The van der Waals surface area contributed by atoms with E-state index in [1.807, 2.05) is 28.9 Å². The Hall–Kier alpha value is -1.62. The highest BCUT2D eigenvalue weighted by atomic mass is 79.9. The smallest absolute Gasteiger partial charge is 0.356 e. The Kier molecular flexibility index (Phi) is 2.54. The second-order valence-corrected chi connectivity index (χ2v) is 6.46. The molecule has 2 aliphatic rings. The Morgan fingerprint density at radius 2 is 1.95 bits per heavy atom. The van der Waals surface area contributed by atoms with Crippen LogP contribution in [0.4, 0.5) is 0 Å². The zero-order valence-electron chi connectivity index (χ0n) is 10.7. The molecule has 4 rings (SSSR count). The molecular formula is C15H13BrN2O2. The first-order chi connectivity index (χ1) is 9.65. The average Bonchev–Trinajstić information content (AvgIpc) is 3.11. The van der Waals surface area contributed by atoms with Gasteiger partial charge in [0.1, 0.15) is 0 Å². The molecule has 2 bridgehead atoms. The van der Waals surface area contributed by atoms with Crippen molar-refractivity contribution >= 4 is 21.9 Å². The zero-order valence-corrected chi connectivity index (χ0v) is 12.3. The third-order valence-corrected chi connectivity index (χ3v) is 4.99. The highest BCUT2D eigenvalue weighted by Crippen LogP contribution is 2.54. The van der Waals surface area contributed by atoms with Crippen molar-refractivity contribution in [2.24, 2.45) is 0 Å². The molecule has 2 aliphatic carbocycles. The van der Waals surface area contributed by atoms with Gasteiger partial charge < -0.3 is 5.11 Å². The maximum atomic E-state index is 11.5. The van der Waals surface area contributed by atoms with E-state index in [0.717, 1.165) is 40.7 Å². The minimum absolute atomic E-state index is 0.245. The van der Waals surface area contributed by atoms with Gasteiger partial charge in [0.25, 0.3) is 0 Å². The summed E-state index contributed by atoms with van der Waals surface area (Å²) in [5, 5.41) is 13.8. The molecule has 1 aromatic heterocycles. The van der Waals surface area contributed by atoms with Crippen LogP contribution < -0.4 is 0 Å². The second-order valence-electron chi connectivity index (χ2n) is 5.55. The molecule has 2 aromatic rings. The fourth-order valence-corrected chi connectivity index (χ4v) is 3.93. The second kappa shape index (κ2) is 4.19. The van der Waals surface area contributed by atoms with Gasteiger partial charge in [0.2, 0.25) is 0 Å². The van der Waals surface area contributed by atoms with Gasteiger partial charge in [0, 0.05) is 16.0 Å². The minimum atomic E-state index is -0.912. The van der Waals surface area contributed by atoms with E-state index >= 15 is 0 Å². The lowest BCUT2D eigenvalue weighted by molar-refractivity contribution is 0.0688. The number of hydrogen-bond acceptors (Lipinski definition) is 2. The van der Waals surface area contributed by atoms with Crippen molar-refractivity contribution in [3.8, 4) is 5.69 Å². The van der Waals surface area contributed by atoms with Gasteiger partial charge in [-0.25, -0.2) is 9.48 Å². The number of halogens is 1. The number of benzene rings is 1. The Bertz CT molecular complexity index is 705. The summed E-state index contributed by atoms with van der Waals surface area (Å²) >= 11 is 3.42. The predicted molar refractivity (Wildman–Crippen MR) is 77.6 cm³/mol. The molecule has 102 valence electrons. The first kappa shape index (κ1) is 12.1. The standard InChI is InChI=1S/C15H13BrN2O2/c16-10-3-5-11(6-4-10)18-14-9-2-1-8(7-9)12(14)13(17-18)15(19)20/h3-6,8-9H,1-2,7H2,(H,19,20)/t8-,9+/m1/s1. The van der Waals surface area contributed by atoms with Crippen LogP contribution in [0.1, 0.15) is 52.8 Å². The molecule has 5 heteroatoms. The fraction of sp³-hybridized carbons (Fsp3) is 0.333. The highest BCUT2D eigenvalue weighted by Gasteiger charge is 2.44. The monoisotopic (exact) mass is 332 g/mol. The summed E-state index contributed by atoms with van der Waals surface area (Å²) in [6.07, 6.45) is 3.34. The summed E-state index contributed by atoms with van der Waals surface area (Å²) in [5.74, 6) is -0.0470. The van der Waals surface area contributed by atoms with E-state index in [2.05, 4.69) is 21.0 Å². The number of carbonyl (C=O) groups is 1. The third-order valence-electron chi connectivity index (χ3n) is 4.46. The number of carboxylic acids is 1. The molecule has 1 N–H and O–H groups in total. The molecule has 0 saturated heterocycles. The molecule has 20 heavy (non-hydrogen) atoms. The van der Waals surface area contributed by atoms with Crippen molar-refractivity contribution in [2.45, 2.75) is 31.1 Å². The molecule has 4 nitrogen and oxygen atoms in total. The van der Waals surface area contributed by atoms with Crippen molar-refractivity contribution in [1.29, 1.82) is 0 Å². The average molecular weight is 333 g/mol. The lowest BCUT2D eigenvalue weighted by atomic mass is 9.95. The normalized spacial score (nSPS) is 23.1. The number of nitrogens with zero attached hydrogens (tertiary/aromatic N) is 2. The van der Waals surface area contributed by atoms with E-state index < -0.39 is 5.97 Å². The largest absolute Gasteiger partial charge is 0.476 e. The van der Waals surface area contributed by atoms with Gasteiger partial charge in [-0.15, -0.1) is 0 Å². The minimum Gasteiger partial charge on any atom is -0.476 e. The van der Waals surface area contributed by atoms with Crippen molar-refractivity contribution in [3.05, 3.63) is 45.7 Å². The molecule has 0 amide bonds. The van der Waals surface area contributed by atoms with Crippen LogP contribution in [-0.2, 0) is 0 Å². The summed E-state index contributed by atoms with van der Waals surface area (Å²) < 4.78 is 2.85.